The number of aromatic hydroxyl groups is 1. The van der Waals surface area contributed by atoms with Gasteiger partial charge in [-0.05, 0) is 24.1 Å². The first-order chi connectivity index (χ1) is 5.90. The Morgan fingerprint density at radius 1 is 1.38 bits per heavy atom. The van der Waals surface area contributed by atoms with Gasteiger partial charge in [-0.1, -0.05) is 12.1 Å². The molecule has 0 aliphatic heterocycles. The first-order valence-electron chi connectivity index (χ1n) is 3.63. The molecular weight excluding hydrogens is 192 g/mol. The predicted octanol–water partition coefficient (Wildman–Crippen LogP) is 1.09. The molecule has 1 aromatic carbocycles. The third kappa shape index (κ3) is 2.71. The molecule has 0 amide bonds. The highest BCUT2D eigenvalue weighted by atomic mass is 32.2. The van der Waals surface area contributed by atoms with Crippen molar-refractivity contribution in [3.8, 4) is 5.75 Å². The molecule has 0 atom stereocenters. The normalized spacial score (nSPS) is 11.5. The molecule has 13 heavy (non-hydrogen) atoms. The van der Waals surface area contributed by atoms with Crippen LogP contribution in [0.2, 0.25) is 0 Å². The number of hydrogen-bond donors (Lipinski definition) is 2. The standard InChI is InChI=1S/C8H10O4S/c1-6-7(5-13(10,11)12)3-2-4-8(6)9/h2-4,9H,5H2,1H3,(H,10,11,12). The van der Waals surface area contributed by atoms with Gasteiger partial charge in [0.15, 0.2) is 0 Å². The molecular formula is C8H10O4S. The van der Waals surface area contributed by atoms with Crippen LogP contribution in [-0.2, 0) is 15.9 Å². The van der Waals surface area contributed by atoms with Gasteiger partial charge in [-0.15, -0.1) is 0 Å². The Kier molecular flexibility index (Phi) is 2.58. The van der Waals surface area contributed by atoms with Crippen molar-refractivity contribution in [2.45, 2.75) is 12.7 Å². The van der Waals surface area contributed by atoms with Crippen LogP contribution in [0.3, 0.4) is 0 Å². The maximum absolute atomic E-state index is 10.5. The molecule has 4 nitrogen and oxygen atoms in total. The average molecular weight is 202 g/mol. The van der Waals surface area contributed by atoms with Crippen LogP contribution in [0.25, 0.3) is 0 Å². The summed E-state index contributed by atoms with van der Waals surface area (Å²) in [6.07, 6.45) is 0. The van der Waals surface area contributed by atoms with Crippen LogP contribution in [0.4, 0.5) is 0 Å². The van der Waals surface area contributed by atoms with Crippen LogP contribution in [0.1, 0.15) is 11.1 Å². The second-order valence-corrected chi connectivity index (χ2v) is 4.24. The summed E-state index contributed by atoms with van der Waals surface area (Å²) in [6, 6.07) is 4.54. The van der Waals surface area contributed by atoms with Gasteiger partial charge < -0.3 is 5.11 Å². The number of phenolic OH excluding ortho intramolecular Hbond substituents is 1. The summed E-state index contributed by atoms with van der Waals surface area (Å²) in [6.45, 7) is 1.59. The fourth-order valence-corrected chi connectivity index (χ4v) is 1.73. The fourth-order valence-electron chi connectivity index (χ4n) is 1.02. The molecule has 72 valence electrons. The van der Waals surface area contributed by atoms with E-state index >= 15 is 0 Å². The number of rotatable bonds is 2. The highest BCUT2D eigenvalue weighted by molar-refractivity contribution is 7.85. The second-order valence-electron chi connectivity index (χ2n) is 2.79. The van der Waals surface area contributed by atoms with Crippen LogP contribution < -0.4 is 0 Å². The van der Waals surface area contributed by atoms with E-state index in [1.165, 1.54) is 12.1 Å². The van der Waals surface area contributed by atoms with Gasteiger partial charge in [-0.2, -0.15) is 8.42 Å². The van der Waals surface area contributed by atoms with Gasteiger partial charge in [-0.3, -0.25) is 4.55 Å². The van der Waals surface area contributed by atoms with Crippen molar-refractivity contribution < 1.29 is 18.1 Å². The Labute approximate surface area is 76.6 Å². The lowest BCUT2D eigenvalue weighted by molar-refractivity contribution is 0.469. The van der Waals surface area contributed by atoms with E-state index in [0.29, 0.717) is 11.1 Å². The lowest BCUT2D eigenvalue weighted by Crippen LogP contribution is -2.02. The Morgan fingerprint density at radius 3 is 2.54 bits per heavy atom. The van der Waals surface area contributed by atoms with E-state index in [0.717, 1.165) is 0 Å². The minimum atomic E-state index is -4.03. The molecule has 0 fully saturated rings. The molecule has 5 heteroatoms. The molecule has 1 aromatic rings. The summed E-state index contributed by atoms with van der Waals surface area (Å²) in [4.78, 5) is 0. The fraction of sp³-hybridized carbons (Fsp3) is 0.250. The van der Waals surface area contributed by atoms with Gasteiger partial charge in [-0.25, -0.2) is 0 Å². The van der Waals surface area contributed by atoms with Crippen LogP contribution in [0, 0.1) is 6.92 Å². The zero-order valence-electron chi connectivity index (χ0n) is 7.06. The van der Waals surface area contributed by atoms with Crippen LogP contribution in [0.5, 0.6) is 5.75 Å². The van der Waals surface area contributed by atoms with Crippen molar-refractivity contribution in [2.24, 2.45) is 0 Å². The van der Waals surface area contributed by atoms with Crippen molar-refractivity contribution >= 4 is 10.1 Å². The minimum absolute atomic E-state index is 0.0288. The third-order valence-corrected chi connectivity index (χ3v) is 2.43. The quantitative estimate of drug-likeness (QED) is 0.704. The minimum Gasteiger partial charge on any atom is -0.508 e. The molecule has 0 saturated carbocycles. The highest BCUT2D eigenvalue weighted by Crippen LogP contribution is 2.20. The summed E-state index contributed by atoms with van der Waals surface area (Å²) in [5, 5.41) is 9.22. The van der Waals surface area contributed by atoms with E-state index in [4.69, 9.17) is 4.55 Å². The van der Waals surface area contributed by atoms with Crippen molar-refractivity contribution in [1.29, 1.82) is 0 Å². The summed E-state index contributed by atoms with van der Waals surface area (Å²) < 4.78 is 29.7. The molecule has 1 rings (SSSR count). The summed E-state index contributed by atoms with van der Waals surface area (Å²) >= 11 is 0. The molecule has 0 saturated heterocycles. The maximum atomic E-state index is 10.5. The van der Waals surface area contributed by atoms with Gasteiger partial charge in [0.1, 0.15) is 11.5 Å². The highest BCUT2D eigenvalue weighted by Gasteiger charge is 2.10. The first-order valence-corrected chi connectivity index (χ1v) is 5.23. The van der Waals surface area contributed by atoms with E-state index in [-0.39, 0.29) is 5.75 Å². The second kappa shape index (κ2) is 3.35. The molecule has 2 N–H and O–H groups in total. The largest absolute Gasteiger partial charge is 0.508 e. The molecule has 0 unspecified atom stereocenters. The lowest BCUT2D eigenvalue weighted by atomic mass is 10.1. The van der Waals surface area contributed by atoms with Gasteiger partial charge in [0.25, 0.3) is 10.1 Å². The van der Waals surface area contributed by atoms with Crippen LogP contribution in [-0.4, -0.2) is 18.1 Å². The van der Waals surface area contributed by atoms with Crippen molar-refractivity contribution in [3.05, 3.63) is 29.3 Å². The van der Waals surface area contributed by atoms with Gasteiger partial charge in [0, 0.05) is 0 Å². The average Bonchev–Trinajstić information content (AvgIpc) is 1.96. The zero-order valence-corrected chi connectivity index (χ0v) is 7.87. The van der Waals surface area contributed by atoms with E-state index in [1.54, 1.807) is 13.0 Å². The lowest BCUT2D eigenvalue weighted by Gasteiger charge is -2.04. The van der Waals surface area contributed by atoms with Crippen molar-refractivity contribution in [2.75, 3.05) is 0 Å². The van der Waals surface area contributed by atoms with E-state index in [1.807, 2.05) is 0 Å². The molecule has 0 aliphatic rings. The summed E-state index contributed by atoms with van der Waals surface area (Å²) in [5.74, 6) is -0.436. The van der Waals surface area contributed by atoms with E-state index in [9.17, 15) is 13.5 Å². The molecule has 0 aromatic heterocycles. The van der Waals surface area contributed by atoms with Crippen LogP contribution in [0.15, 0.2) is 18.2 Å². The number of hydrogen-bond acceptors (Lipinski definition) is 3. The van der Waals surface area contributed by atoms with Crippen molar-refractivity contribution in [1.82, 2.24) is 0 Å². The topological polar surface area (TPSA) is 74.6 Å². The molecule has 0 heterocycles. The Balaban J connectivity index is 3.10. The van der Waals surface area contributed by atoms with Gasteiger partial charge >= 0.3 is 0 Å². The molecule has 0 bridgehead atoms. The summed E-state index contributed by atoms with van der Waals surface area (Å²) in [5.41, 5.74) is 0.877. The Hall–Kier alpha value is -1.07. The Morgan fingerprint density at radius 2 is 2.00 bits per heavy atom. The Bertz CT molecular complexity index is 408. The predicted molar refractivity (Wildman–Crippen MR) is 48.1 cm³/mol. The SMILES string of the molecule is Cc1c(O)cccc1CS(=O)(=O)O. The maximum Gasteiger partial charge on any atom is 0.269 e. The first kappa shape index (κ1) is 10.0. The number of phenols is 1. The monoisotopic (exact) mass is 202 g/mol. The molecule has 0 radical (unpaired) electrons. The van der Waals surface area contributed by atoms with Gasteiger partial charge in [0.05, 0.1) is 0 Å². The van der Waals surface area contributed by atoms with E-state index in [2.05, 4.69) is 0 Å². The van der Waals surface area contributed by atoms with E-state index < -0.39 is 15.9 Å². The molecule has 0 aliphatic carbocycles. The zero-order chi connectivity index (χ0) is 10.1. The third-order valence-electron chi connectivity index (χ3n) is 1.76. The smallest absolute Gasteiger partial charge is 0.269 e. The number of benzene rings is 1. The van der Waals surface area contributed by atoms with Crippen LogP contribution >= 0.6 is 0 Å². The van der Waals surface area contributed by atoms with Crippen molar-refractivity contribution in [3.63, 3.8) is 0 Å². The van der Waals surface area contributed by atoms with Gasteiger partial charge in [0.2, 0.25) is 0 Å². The molecule has 0 spiro atoms. The summed E-state index contributed by atoms with van der Waals surface area (Å²) in [7, 11) is -4.03.